The number of nitrogens with one attached hydrogen (secondary N) is 3. The summed E-state index contributed by atoms with van der Waals surface area (Å²) in [6.07, 6.45) is 7.50. The lowest BCUT2D eigenvalue weighted by atomic mass is 9.95. The average Bonchev–Trinajstić information content (AvgIpc) is 3.06. The molecule has 1 aromatic carbocycles. The van der Waals surface area contributed by atoms with E-state index in [0.717, 1.165) is 11.3 Å². The molecule has 0 saturated carbocycles. The number of hydrogen-bond acceptors (Lipinski definition) is 6. The molecule has 0 atom stereocenters. The van der Waals surface area contributed by atoms with E-state index < -0.39 is 0 Å². The fourth-order valence-electron chi connectivity index (χ4n) is 2.23. The van der Waals surface area contributed by atoms with E-state index in [9.17, 15) is 4.79 Å². The van der Waals surface area contributed by atoms with Gasteiger partial charge in [-0.15, -0.1) is 0 Å². The third-order valence-corrected chi connectivity index (χ3v) is 3.30. The molecule has 122 valence electrons. The highest BCUT2D eigenvalue weighted by atomic mass is 16.3. The van der Waals surface area contributed by atoms with E-state index >= 15 is 0 Å². The summed E-state index contributed by atoms with van der Waals surface area (Å²) in [7, 11) is 1.85. The molecule has 0 spiro atoms. The quantitative estimate of drug-likeness (QED) is 0.393. The number of hydrazine groups is 3. The number of carbonyl (C=O) groups excluding carboxylic acids is 1. The molecule has 0 aliphatic heterocycles. The predicted molar refractivity (Wildman–Crippen MR) is 89.8 cm³/mol. The first kappa shape index (κ1) is 16.7. The normalized spacial score (nSPS) is 11.1. The molecule has 7 heteroatoms. The number of amides is 1. The average molecular weight is 315 g/mol. The third kappa shape index (κ3) is 4.41. The zero-order valence-corrected chi connectivity index (χ0v) is 13.4. The molecule has 1 heterocycles. The van der Waals surface area contributed by atoms with Gasteiger partial charge in [-0.25, -0.2) is 4.98 Å². The van der Waals surface area contributed by atoms with Gasteiger partial charge in [0, 0.05) is 18.7 Å². The standard InChI is InChI=1S/C16H21N5O2/c1-12(2)13-5-4-6-15(21(3)20-19-18-11-22)14(13)7-8-16-17-9-10-23-16/h4-12,19-20H,1-3H3,(H,18,22)/b8-7+. The molecule has 1 aromatic heterocycles. The maximum absolute atomic E-state index is 10.3. The SMILES string of the molecule is CC(C)c1cccc(N(C)NNNC=O)c1/C=C/c1ncco1. The third-order valence-electron chi connectivity index (χ3n) is 3.30. The van der Waals surface area contributed by atoms with Crippen molar-refractivity contribution >= 4 is 24.2 Å². The van der Waals surface area contributed by atoms with Crippen LogP contribution < -0.4 is 21.5 Å². The van der Waals surface area contributed by atoms with Crippen molar-refractivity contribution in [2.24, 2.45) is 0 Å². The summed E-state index contributed by atoms with van der Waals surface area (Å²) >= 11 is 0. The minimum atomic E-state index is 0.355. The van der Waals surface area contributed by atoms with Crippen molar-refractivity contribution in [2.45, 2.75) is 19.8 Å². The molecular weight excluding hydrogens is 294 g/mol. The molecule has 0 bridgehead atoms. The number of nitrogens with zero attached hydrogens (tertiary/aromatic N) is 2. The highest BCUT2D eigenvalue weighted by Crippen LogP contribution is 2.29. The van der Waals surface area contributed by atoms with Gasteiger partial charge in [-0.1, -0.05) is 26.0 Å². The molecule has 0 aliphatic carbocycles. The van der Waals surface area contributed by atoms with Crippen molar-refractivity contribution in [3.05, 3.63) is 47.7 Å². The number of aromatic nitrogens is 1. The van der Waals surface area contributed by atoms with Gasteiger partial charge in [0.1, 0.15) is 6.26 Å². The van der Waals surface area contributed by atoms with Gasteiger partial charge in [-0.2, -0.15) is 11.1 Å². The fourth-order valence-corrected chi connectivity index (χ4v) is 2.23. The Hall–Kier alpha value is -2.64. The maximum atomic E-state index is 10.3. The van der Waals surface area contributed by atoms with E-state index in [1.807, 2.05) is 31.3 Å². The zero-order valence-electron chi connectivity index (χ0n) is 13.4. The van der Waals surface area contributed by atoms with Crippen LogP contribution in [0.3, 0.4) is 0 Å². The van der Waals surface area contributed by atoms with E-state index in [1.54, 1.807) is 11.2 Å². The minimum Gasteiger partial charge on any atom is -0.445 e. The van der Waals surface area contributed by atoms with Gasteiger partial charge in [0.25, 0.3) is 0 Å². The molecule has 0 unspecified atom stereocenters. The van der Waals surface area contributed by atoms with Gasteiger partial charge in [-0.3, -0.25) is 15.2 Å². The van der Waals surface area contributed by atoms with Crippen molar-refractivity contribution in [3.63, 3.8) is 0 Å². The van der Waals surface area contributed by atoms with Gasteiger partial charge in [0.2, 0.25) is 12.3 Å². The topological polar surface area (TPSA) is 82.4 Å². The van der Waals surface area contributed by atoms with Crippen LogP contribution in [0.4, 0.5) is 5.69 Å². The Morgan fingerprint density at radius 3 is 2.78 bits per heavy atom. The first-order valence-electron chi connectivity index (χ1n) is 7.27. The van der Waals surface area contributed by atoms with Crippen LogP contribution in [0.2, 0.25) is 0 Å². The van der Waals surface area contributed by atoms with Crippen LogP contribution in [0.1, 0.15) is 36.8 Å². The van der Waals surface area contributed by atoms with Crippen LogP contribution in [0.25, 0.3) is 12.2 Å². The molecule has 2 aromatic rings. The molecule has 2 rings (SSSR count). The first-order chi connectivity index (χ1) is 11.1. The summed E-state index contributed by atoms with van der Waals surface area (Å²) < 4.78 is 5.25. The highest BCUT2D eigenvalue weighted by Gasteiger charge is 2.12. The van der Waals surface area contributed by atoms with Crippen LogP contribution in [0, 0.1) is 0 Å². The second kappa shape index (κ2) is 8.11. The largest absolute Gasteiger partial charge is 0.445 e. The Labute approximate surface area is 135 Å². The van der Waals surface area contributed by atoms with E-state index in [1.165, 1.54) is 11.8 Å². The van der Waals surface area contributed by atoms with E-state index in [-0.39, 0.29) is 0 Å². The molecule has 3 N–H and O–H groups in total. The minimum absolute atomic E-state index is 0.355. The maximum Gasteiger partial charge on any atom is 0.222 e. The van der Waals surface area contributed by atoms with E-state index in [0.29, 0.717) is 18.2 Å². The van der Waals surface area contributed by atoms with Crippen molar-refractivity contribution < 1.29 is 9.21 Å². The van der Waals surface area contributed by atoms with Crippen molar-refractivity contribution in [3.8, 4) is 0 Å². The monoisotopic (exact) mass is 315 g/mol. The van der Waals surface area contributed by atoms with Crippen molar-refractivity contribution in [1.82, 2.24) is 21.5 Å². The number of hydrogen-bond donors (Lipinski definition) is 3. The Morgan fingerprint density at radius 2 is 2.13 bits per heavy atom. The molecule has 1 amide bonds. The van der Waals surface area contributed by atoms with Crippen molar-refractivity contribution in [1.29, 1.82) is 0 Å². The summed E-state index contributed by atoms with van der Waals surface area (Å²) in [5, 5.41) is 1.78. The molecular formula is C16H21N5O2. The Kier molecular flexibility index (Phi) is 5.90. The van der Waals surface area contributed by atoms with Gasteiger partial charge < -0.3 is 4.42 Å². The van der Waals surface area contributed by atoms with Crippen LogP contribution in [-0.2, 0) is 4.79 Å². The summed E-state index contributed by atoms with van der Waals surface area (Å²) in [5.41, 5.74) is 11.0. The molecule has 0 aliphatic rings. The lowest BCUT2D eigenvalue weighted by Gasteiger charge is -2.24. The van der Waals surface area contributed by atoms with Crippen LogP contribution in [-0.4, -0.2) is 18.4 Å². The molecule has 0 saturated heterocycles. The molecule has 23 heavy (non-hydrogen) atoms. The number of anilines is 1. The van der Waals surface area contributed by atoms with E-state index in [4.69, 9.17) is 4.42 Å². The van der Waals surface area contributed by atoms with Crippen molar-refractivity contribution in [2.75, 3.05) is 12.1 Å². The number of carbonyl (C=O) groups is 1. The molecule has 7 nitrogen and oxygen atoms in total. The Bertz CT molecular complexity index is 652. The second-order valence-corrected chi connectivity index (χ2v) is 5.20. The molecule has 0 radical (unpaired) electrons. The fraction of sp³-hybridized carbons (Fsp3) is 0.250. The zero-order chi connectivity index (χ0) is 16.7. The summed E-state index contributed by atoms with van der Waals surface area (Å²) in [6.45, 7) is 4.28. The summed E-state index contributed by atoms with van der Waals surface area (Å²) in [6, 6.07) is 6.07. The van der Waals surface area contributed by atoms with Crippen LogP contribution in [0.15, 0.2) is 35.1 Å². The van der Waals surface area contributed by atoms with Gasteiger partial charge in [0.05, 0.1) is 11.9 Å². The molecule has 0 fully saturated rings. The highest BCUT2D eigenvalue weighted by molar-refractivity contribution is 5.77. The smallest absolute Gasteiger partial charge is 0.222 e. The van der Waals surface area contributed by atoms with Crippen LogP contribution in [0.5, 0.6) is 0 Å². The number of benzene rings is 1. The van der Waals surface area contributed by atoms with Gasteiger partial charge >= 0.3 is 0 Å². The van der Waals surface area contributed by atoms with Crippen LogP contribution >= 0.6 is 0 Å². The van der Waals surface area contributed by atoms with Gasteiger partial charge in [0.15, 0.2) is 0 Å². The predicted octanol–water partition coefficient (Wildman–Crippen LogP) is 2.07. The summed E-state index contributed by atoms with van der Waals surface area (Å²) in [5.74, 6) is 0.902. The van der Waals surface area contributed by atoms with E-state index in [2.05, 4.69) is 41.4 Å². The number of rotatable bonds is 8. The first-order valence-corrected chi connectivity index (χ1v) is 7.27. The summed E-state index contributed by atoms with van der Waals surface area (Å²) in [4.78, 5) is 14.4. The van der Waals surface area contributed by atoms with Gasteiger partial charge in [-0.05, 0) is 23.6 Å². The lowest BCUT2D eigenvalue weighted by Crippen LogP contribution is -2.51. The lowest BCUT2D eigenvalue weighted by molar-refractivity contribution is -0.110. The number of oxazole rings is 1. The Morgan fingerprint density at radius 1 is 1.30 bits per heavy atom. The Balaban J connectivity index is 2.33. The second-order valence-electron chi connectivity index (χ2n) is 5.20.